The van der Waals surface area contributed by atoms with Gasteiger partial charge >= 0.3 is 0 Å². The van der Waals surface area contributed by atoms with Gasteiger partial charge in [-0.05, 0) is 34.1 Å². The maximum absolute atomic E-state index is 5.91. The molecule has 108 valence electrons. The van der Waals surface area contributed by atoms with E-state index in [4.69, 9.17) is 16.3 Å². The molecule has 0 saturated heterocycles. The van der Waals surface area contributed by atoms with E-state index in [1.54, 1.807) is 13.3 Å². The zero-order valence-electron chi connectivity index (χ0n) is 11.4. The number of hydrogen-bond acceptors (Lipinski definition) is 3. The summed E-state index contributed by atoms with van der Waals surface area (Å²) in [6.07, 6.45) is 2.44. The fourth-order valence-corrected chi connectivity index (χ4v) is 2.75. The van der Waals surface area contributed by atoms with Crippen molar-refractivity contribution in [3.63, 3.8) is 0 Å². The van der Waals surface area contributed by atoms with Gasteiger partial charge in [-0.15, -0.1) is 11.6 Å². The van der Waals surface area contributed by atoms with Gasteiger partial charge in [0, 0.05) is 29.0 Å². The Morgan fingerprint density at radius 2 is 2.19 bits per heavy atom. The molecule has 1 aromatic carbocycles. The highest BCUT2D eigenvalue weighted by Gasteiger charge is 2.14. The SMILES string of the molecule is COc1cccc(-n2c(CCCl)nc3cc(Br)cnc32)c1. The third-order valence-corrected chi connectivity index (χ3v) is 3.79. The minimum Gasteiger partial charge on any atom is -0.497 e. The number of imidazole rings is 1. The standard InChI is InChI=1S/C15H13BrClN3O/c1-21-12-4-2-3-11(8-12)20-14(5-6-17)19-13-7-10(16)9-18-15(13)20/h2-4,7-9H,5-6H2,1H3. The van der Waals surface area contributed by atoms with Gasteiger partial charge in [-0.2, -0.15) is 0 Å². The average Bonchev–Trinajstić information content (AvgIpc) is 2.84. The topological polar surface area (TPSA) is 39.9 Å². The van der Waals surface area contributed by atoms with Crippen molar-refractivity contribution in [3.05, 3.63) is 46.8 Å². The zero-order chi connectivity index (χ0) is 14.8. The maximum atomic E-state index is 5.91. The molecule has 21 heavy (non-hydrogen) atoms. The summed E-state index contributed by atoms with van der Waals surface area (Å²) >= 11 is 9.33. The minimum absolute atomic E-state index is 0.508. The third-order valence-electron chi connectivity index (χ3n) is 3.16. The van der Waals surface area contributed by atoms with E-state index in [9.17, 15) is 0 Å². The van der Waals surface area contributed by atoms with Gasteiger partial charge in [0.2, 0.25) is 0 Å². The number of methoxy groups -OCH3 is 1. The number of aromatic nitrogens is 3. The quantitative estimate of drug-likeness (QED) is 0.656. The lowest BCUT2D eigenvalue weighted by Crippen LogP contribution is -2.03. The van der Waals surface area contributed by atoms with Crippen LogP contribution < -0.4 is 4.74 Å². The fourth-order valence-electron chi connectivity index (χ4n) is 2.26. The van der Waals surface area contributed by atoms with E-state index in [1.807, 2.05) is 34.9 Å². The molecule has 0 aliphatic carbocycles. The summed E-state index contributed by atoms with van der Waals surface area (Å²) < 4.78 is 8.22. The van der Waals surface area contributed by atoms with Gasteiger partial charge in [0.25, 0.3) is 0 Å². The van der Waals surface area contributed by atoms with Crippen molar-refractivity contribution >= 4 is 38.7 Å². The molecule has 0 atom stereocenters. The second kappa shape index (κ2) is 6.03. The van der Waals surface area contributed by atoms with Crippen LogP contribution in [0, 0.1) is 0 Å². The Labute approximate surface area is 135 Å². The Balaban J connectivity index is 2.25. The van der Waals surface area contributed by atoms with Crippen LogP contribution in [0.2, 0.25) is 0 Å². The van der Waals surface area contributed by atoms with E-state index in [-0.39, 0.29) is 0 Å². The van der Waals surface area contributed by atoms with Crippen LogP contribution in [0.3, 0.4) is 0 Å². The highest BCUT2D eigenvalue weighted by atomic mass is 79.9. The number of hydrogen-bond donors (Lipinski definition) is 0. The van der Waals surface area contributed by atoms with Gasteiger partial charge in [-0.3, -0.25) is 4.57 Å². The molecule has 3 aromatic rings. The predicted molar refractivity (Wildman–Crippen MR) is 87.5 cm³/mol. The van der Waals surface area contributed by atoms with Gasteiger partial charge in [0.15, 0.2) is 5.65 Å². The number of rotatable bonds is 4. The summed E-state index contributed by atoms with van der Waals surface area (Å²) in [5.74, 6) is 2.19. The molecule has 0 aliphatic rings. The van der Waals surface area contributed by atoms with Gasteiger partial charge < -0.3 is 4.74 Å². The van der Waals surface area contributed by atoms with Crippen molar-refractivity contribution in [2.75, 3.05) is 13.0 Å². The van der Waals surface area contributed by atoms with Crippen LogP contribution in [0.4, 0.5) is 0 Å². The summed E-state index contributed by atoms with van der Waals surface area (Å²) in [7, 11) is 1.65. The van der Waals surface area contributed by atoms with Crippen LogP contribution in [0.1, 0.15) is 5.82 Å². The first-order chi connectivity index (χ1) is 10.2. The molecule has 0 N–H and O–H groups in total. The smallest absolute Gasteiger partial charge is 0.164 e. The molecule has 4 nitrogen and oxygen atoms in total. The van der Waals surface area contributed by atoms with Crippen molar-refractivity contribution in [2.45, 2.75) is 6.42 Å². The molecule has 0 amide bonds. The molecule has 0 bridgehead atoms. The van der Waals surface area contributed by atoms with Gasteiger partial charge in [-0.1, -0.05) is 6.07 Å². The number of pyridine rings is 1. The third kappa shape index (κ3) is 2.76. The summed E-state index contributed by atoms with van der Waals surface area (Å²) in [5, 5.41) is 0. The summed E-state index contributed by atoms with van der Waals surface area (Å²) in [6, 6.07) is 9.78. The molecule has 0 aliphatic heterocycles. The van der Waals surface area contributed by atoms with Crippen molar-refractivity contribution in [1.29, 1.82) is 0 Å². The van der Waals surface area contributed by atoms with E-state index in [1.165, 1.54) is 0 Å². The lowest BCUT2D eigenvalue weighted by Gasteiger charge is -2.09. The summed E-state index contributed by atoms with van der Waals surface area (Å²) in [6.45, 7) is 0. The molecule has 2 heterocycles. The second-order valence-electron chi connectivity index (χ2n) is 4.50. The molecule has 6 heteroatoms. The number of nitrogens with zero attached hydrogens (tertiary/aromatic N) is 3. The first kappa shape index (κ1) is 14.4. The Morgan fingerprint density at radius 3 is 2.95 bits per heavy atom. The second-order valence-corrected chi connectivity index (χ2v) is 5.79. The van der Waals surface area contributed by atoms with Crippen LogP contribution >= 0.6 is 27.5 Å². The molecule has 0 fully saturated rings. The summed E-state index contributed by atoms with van der Waals surface area (Å²) in [5.41, 5.74) is 2.62. The fraction of sp³-hybridized carbons (Fsp3) is 0.200. The van der Waals surface area contributed by atoms with Crippen LogP contribution in [-0.4, -0.2) is 27.5 Å². The van der Waals surface area contributed by atoms with E-state index in [0.29, 0.717) is 12.3 Å². The minimum atomic E-state index is 0.508. The Hall–Kier alpha value is -1.59. The molecule has 2 aromatic heterocycles. The molecule has 0 radical (unpaired) electrons. The first-order valence-corrected chi connectivity index (χ1v) is 7.79. The van der Waals surface area contributed by atoms with Gasteiger partial charge in [0.05, 0.1) is 12.8 Å². The average molecular weight is 367 g/mol. The van der Waals surface area contributed by atoms with E-state index >= 15 is 0 Å². The van der Waals surface area contributed by atoms with Gasteiger partial charge in [-0.25, -0.2) is 9.97 Å². The Morgan fingerprint density at radius 1 is 1.33 bits per heavy atom. The lowest BCUT2D eigenvalue weighted by molar-refractivity contribution is 0.414. The van der Waals surface area contributed by atoms with Crippen molar-refractivity contribution in [3.8, 4) is 11.4 Å². The highest BCUT2D eigenvalue weighted by Crippen LogP contribution is 2.25. The number of halogens is 2. The van der Waals surface area contributed by atoms with Crippen molar-refractivity contribution in [1.82, 2.24) is 14.5 Å². The predicted octanol–water partition coefficient (Wildman–Crippen LogP) is 3.97. The number of benzene rings is 1. The van der Waals surface area contributed by atoms with Crippen LogP contribution in [0.25, 0.3) is 16.9 Å². The maximum Gasteiger partial charge on any atom is 0.164 e. The van der Waals surface area contributed by atoms with Crippen LogP contribution in [-0.2, 0) is 6.42 Å². The largest absolute Gasteiger partial charge is 0.497 e. The van der Waals surface area contributed by atoms with Crippen LogP contribution in [0.15, 0.2) is 41.0 Å². The highest BCUT2D eigenvalue weighted by molar-refractivity contribution is 9.10. The monoisotopic (exact) mass is 365 g/mol. The van der Waals surface area contributed by atoms with Crippen LogP contribution in [0.5, 0.6) is 5.75 Å². The van der Waals surface area contributed by atoms with E-state index < -0.39 is 0 Å². The molecule has 0 spiro atoms. The van der Waals surface area contributed by atoms with Gasteiger partial charge in [0.1, 0.15) is 17.1 Å². The molecular formula is C15H13BrClN3O. The number of aryl methyl sites for hydroxylation is 1. The normalized spacial score (nSPS) is 11.0. The molecule has 0 unspecified atom stereocenters. The lowest BCUT2D eigenvalue weighted by atomic mass is 10.3. The first-order valence-electron chi connectivity index (χ1n) is 6.46. The van der Waals surface area contributed by atoms with Crippen molar-refractivity contribution < 1.29 is 4.74 Å². The molecule has 3 rings (SSSR count). The zero-order valence-corrected chi connectivity index (χ0v) is 13.7. The number of ether oxygens (including phenoxy) is 1. The Bertz CT molecular complexity index is 788. The summed E-state index contributed by atoms with van der Waals surface area (Å²) in [4.78, 5) is 9.13. The molecule has 0 saturated carbocycles. The van der Waals surface area contributed by atoms with Crippen molar-refractivity contribution in [2.24, 2.45) is 0 Å². The van der Waals surface area contributed by atoms with E-state index in [2.05, 4.69) is 25.9 Å². The Kier molecular flexibility index (Phi) is 4.12. The molecular weight excluding hydrogens is 354 g/mol. The van der Waals surface area contributed by atoms with E-state index in [0.717, 1.165) is 32.9 Å². The number of fused-ring (bicyclic) bond motifs is 1. The number of alkyl halides is 1.